The van der Waals surface area contributed by atoms with E-state index in [2.05, 4.69) is 15.5 Å². The molecule has 2 N–H and O–H groups in total. The predicted octanol–water partition coefficient (Wildman–Crippen LogP) is 1.32. The average Bonchev–Trinajstić information content (AvgIpc) is 2.43. The van der Waals surface area contributed by atoms with Crippen LogP contribution in [0, 0.1) is 0 Å². The summed E-state index contributed by atoms with van der Waals surface area (Å²) in [5, 5.41) is 5.72. The van der Waals surface area contributed by atoms with Gasteiger partial charge in [0.15, 0.2) is 0 Å². The van der Waals surface area contributed by atoms with Crippen LogP contribution in [0.2, 0.25) is 0 Å². The minimum absolute atomic E-state index is 0.0450. The highest BCUT2D eigenvalue weighted by molar-refractivity contribution is 5.79. The van der Waals surface area contributed by atoms with Gasteiger partial charge in [-0.3, -0.25) is 9.59 Å². The Morgan fingerprint density at radius 1 is 1.19 bits per heavy atom. The third kappa shape index (κ3) is 7.46. The summed E-state index contributed by atoms with van der Waals surface area (Å²) in [6.45, 7) is 3.05. The van der Waals surface area contributed by atoms with Gasteiger partial charge in [0, 0.05) is 13.5 Å². The molecule has 0 aliphatic carbocycles. The van der Waals surface area contributed by atoms with E-state index >= 15 is 0 Å². The van der Waals surface area contributed by atoms with Gasteiger partial charge in [0.2, 0.25) is 11.8 Å². The zero-order valence-corrected chi connectivity index (χ0v) is 13.1. The molecule has 1 aromatic carbocycles. The molecule has 0 aliphatic heterocycles. The second kappa shape index (κ2) is 9.13. The van der Waals surface area contributed by atoms with E-state index in [9.17, 15) is 9.59 Å². The van der Waals surface area contributed by atoms with Gasteiger partial charge >= 0.3 is 0 Å². The molecular formula is C16H25N3O2. The molecule has 0 aliphatic rings. The van der Waals surface area contributed by atoms with E-state index < -0.39 is 0 Å². The van der Waals surface area contributed by atoms with Crippen molar-refractivity contribution in [2.24, 2.45) is 0 Å². The van der Waals surface area contributed by atoms with Crippen LogP contribution in [-0.4, -0.2) is 43.9 Å². The van der Waals surface area contributed by atoms with Crippen LogP contribution in [0.1, 0.15) is 31.4 Å². The Morgan fingerprint density at radius 2 is 1.86 bits per heavy atom. The van der Waals surface area contributed by atoms with Crippen LogP contribution in [0.25, 0.3) is 0 Å². The Morgan fingerprint density at radius 3 is 2.43 bits per heavy atom. The summed E-state index contributed by atoms with van der Waals surface area (Å²) in [4.78, 5) is 25.4. The van der Waals surface area contributed by atoms with Gasteiger partial charge in [-0.05, 0) is 32.6 Å². The van der Waals surface area contributed by atoms with Crippen molar-refractivity contribution in [2.45, 2.75) is 25.8 Å². The van der Waals surface area contributed by atoms with E-state index in [-0.39, 0.29) is 24.3 Å². The van der Waals surface area contributed by atoms with Crippen molar-refractivity contribution < 1.29 is 9.59 Å². The van der Waals surface area contributed by atoms with Gasteiger partial charge in [-0.2, -0.15) is 0 Å². The number of rotatable bonds is 8. The maximum absolute atomic E-state index is 12.0. The smallest absolute Gasteiger partial charge is 0.222 e. The number of nitrogens with zero attached hydrogens (tertiary/aromatic N) is 1. The van der Waals surface area contributed by atoms with Crippen LogP contribution in [0.3, 0.4) is 0 Å². The number of hydrogen-bond acceptors (Lipinski definition) is 3. The summed E-state index contributed by atoms with van der Waals surface area (Å²) >= 11 is 0. The summed E-state index contributed by atoms with van der Waals surface area (Å²) in [7, 11) is 4.01. The molecule has 0 bridgehead atoms. The van der Waals surface area contributed by atoms with Crippen molar-refractivity contribution in [3.63, 3.8) is 0 Å². The molecule has 1 aromatic rings. The molecule has 116 valence electrons. The van der Waals surface area contributed by atoms with Crippen LogP contribution < -0.4 is 10.6 Å². The van der Waals surface area contributed by atoms with Gasteiger partial charge in [0.1, 0.15) is 0 Å². The highest BCUT2D eigenvalue weighted by Crippen LogP contribution is 2.16. The molecule has 0 fully saturated rings. The topological polar surface area (TPSA) is 61.4 Å². The molecule has 1 unspecified atom stereocenters. The Bertz CT molecular complexity index is 446. The molecule has 1 atom stereocenters. The normalized spacial score (nSPS) is 12.0. The van der Waals surface area contributed by atoms with E-state index in [1.165, 1.54) is 6.92 Å². The minimum Gasteiger partial charge on any atom is -0.356 e. The molecule has 5 nitrogen and oxygen atoms in total. The first kappa shape index (κ1) is 17.2. The largest absolute Gasteiger partial charge is 0.356 e. The second-order valence-corrected chi connectivity index (χ2v) is 5.37. The van der Waals surface area contributed by atoms with Gasteiger partial charge in [-0.25, -0.2) is 0 Å². The summed E-state index contributed by atoms with van der Waals surface area (Å²) < 4.78 is 0. The third-order valence-corrected chi connectivity index (χ3v) is 3.07. The van der Waals surface area contributed by atoms with Gasteiger partial charge in [-0.1, -0.05) is 30.3 Å². The van der Waals surface area contributed by atoms with Gasteiger partial charge in [0.25, 0.3) is 0 Å². The number of nitrogens with one attached hydrogen (secondary N) is 2. The maximum atomic E-state index is 12.0. The lowest BCUT2D eigenvalue weighted by molar-refractivity contribution is -0.122. The van der Waals surface area contributed by atoms with Crippen LogP contribution in [0.4, 0.5) is 0 Å². The zero-order chi connectivity index (χ0) is 15.7. The molecule has 2 amide bonds. The Kier molecular flexibility index (Phi) is 7.46. The third-order valence-electron chi connectivity index (χ3n) is 3.07. The SMILES string of the molecule is CC(=O)NC(CC(=O)NCCCN(C)C)c1ccccc1. The van der Waals surface area contributed by atoms with Crippen molar-refractivity contribution in [1.29, 1.82) is 0 Å². The van der Waals surface area contributed by atoms with Gasteiger partial charge in [-0.15, -0.1) is 0 Å². The highest BCUT2D eigenvalue weighted by atomic mass is 16.2. The van der Waals surface area contributed by atoms with Crippen molar-refractivity contribution in [2.75, 3.05) is 27.2 Å². The van der Waals surface area contributed by atoms with Crippen LogP contribution in [0.5, 0.6) is 0 Å². The van der Waals surface area contributed by atoms with Gasteiger partial charge in [0.05, 0.1) is 12.5 Å². The first-order valence-corrected chi connectivity index (χ1v) is 7.22. The number of carbonyl (C=O) groups is 2. The van der Waals surface area contributed by atoms with Crippen LogP contribution >= 0.6 is 0 Å². The number of benzene rings is 1. The minimum atomic E-state index is -0.280. The fraction of sp³-hybridized carbons (Fsp3) is 0.500. The summed E-state index contributed by atoms with van der Waals surface area (Å²) in [6, 6.07) is 9.27. The first-order chi connectivity index (χ1) is 9.99. The summed E-state index contributed by atoms with van der Waals surface area (Å²) in [5.74, 6) is -0.180. The van der Waals surface area contributed by atoms with E-state index in [4.69, 9.17) is 0 Å². The van der Waals surface area contributed by atoms with Gasteiger partial charge < -0.3 is 15.5 Å². The average molecular weight is 291 g/mol. The molecule has 0 aromatic heterocycles. The number of amides is 2. The molecular weight excluding hydrogens is 266 g/mol. The Balaban J connectivity index is 2.49. The lowest BCUT2D eigenvalue weighted by Gasteiger charge is -2.18. The second-order valence-electron chi connectivity index (χ2n) is 5.37. The molecule has 0 heterocycles. The van der Waals surface area contributed by atoms with E-state index in [1.54, 1.807) is 0 Å². The van der Waals surface area contributed by atoms with Crippen LogP contribution in [0.15, 0.2) is 30.3 Å². The van der Waals surface area contributed by atoms with Crippen molar-refractivity contribution >= 4 is 11.8 Å². The monoisotopic (exact) mass is 291 g/mol. The van der Waals surface area contributed by atoms with Crippen LogP contribution in [-0.2, 0) is 9.59 Å². The summed E-state index contributed by atoms with van der Waals surface area (Å²) in [6.07, 6.45) is 1.17. The Hall–Kier alpha value is -1.88. The molecule has 0 radical (unpaired) electrons. The van der Waals surface area contributed by atoms with E-state index in [0.29, 0.717) is 6.54 Å². The van der Waals surface area contributed by atoms with E-state index in [1.807, 2.05) is 44.4 Å². The number of carbonyl (C=O) groups excluding carboxylic acids is 2. The standard InChI is InChI=1S/C16H25N3O2/c1-13(20)18-15(14-8-5-4-6-9-14)12-16(21)17-10-7-11-19(2)3/h4-6,8-9,15H,7,10-12H2,1-3H3,(H,17,21)(H,18,20). The lowest BCUT2D eigenvalue weighted by atomic mass is 10.0. The summed E-state index contributed by atoms with van der Waals surface area (Å²) in [5.41, 5.74) is 0.941. The number of hydrogen-bond donors (Lipinski definition) is 2. The molecule has 0 saturated carbocycles. The molecule has 0 spiro atoms. The molecule has 0 saturated heterocycles. The molecule has 5 heteroatoms. The lowest BCUT2D eigenvalue weighted by Crippen LogP contribution is -2.33. The highest BCUT2D eigenvalue weighted by Gasteiger charge is 2.16. The van der Waals surface area contributed by atoms with Crippen molar-refractivity contribution in [3.05, 3.63) is 35.9 Å². The predicted molar refractivity (Wildman–Crippen MR) is 83.8 cm³/mol. The van der Waals surface area contributed by atoms with Crippen molar-refractivity contribution in [3.8, 4) is 0 Å². The maximum Gasteiger partial charge on any atom is 0.222 e. The zero-order valence-electron chi connectivity index (χ0n) is 13.1. The molecule has 1 rings (SSSR count). The van der Waals surface area contributed by atoms with E-state index in [0.717, 1.165) is 18.5 Å². The first-order valence-electron chi connectivity index (χ1n) is 7.22. The Labute approximate surface area is 126 Å². The fourth-order valence-corrected chi connectivity index (χ4v) is 2.06. The van der Waals surface area contributed by atoms with Crippen molar-refractivity contribution in [1.82, 2.24) is 15.5 Å². The quantitative estimate of drug-likeness (QED) is 0.710. The molecule has 21 heavy (non-hydrogen) atoms. The fourth-order valence-electron chi connectivity index (χ4n) is 2.06.